The number of likely N-dealkylation sites (N-methyl/N-ethyl adjacent to an activating group) is 1. The number of benzene rings is 1. The Balaban J connectivity index is 1.43. The summed E-state index contributed by atoms with van der Waals surface area (Å²) in [6.45, 7) is 3.49. The SMILES string of the molecule is CN1CCCC1COc1nc(N2CCNC(CC#N)C2)c2cnc(-c3cccc4c3SCCC4)c(F)c2n1. The molecule has 2 unspecified atom stereocenters. The lowest BCUT2D eigenvalue weighted by atomic mass is 10.0. The maximum absolute atomic E-state index is 16.4. The molecular formula is C28H32FN7OS. The van der Waals surface area contributed by atoms with Gasteiger partial charge in [-0.3, -0.25) is 4.98 Å². The van der Waals surface area contributed by atoms with Crippen LogP contribution in [0, 0.1) is 17.1 Å². The molecule has 5 heterocycles. The Hall–Kier alpha value is -3.00. The number of halogens is 1. The zero-order valence-corrected chi connectivity index (χ0v) is 22.4. The summed E-state index contributed by atoms with van der Waals surface area (Å²) in [6, 6.07) is 8.80. The molecule has 2 atom stereocenters. The molecule has 8 nitrogen and oxygen atoms in total. The number of nitrogens with one attached hydrogen (secondary N) is 1. The standard InChI is InChI=1S/C28H32FN7OS/c1-35-12-3-7-20(35)17-37-28-33-25-22(27(34-28)36-13-11-31-19(16-36)9-10-30)15-32-24(23(25)29)21-8-2-5-18-6-4-14-38-26(18)21/h2,5,8,15,19-20,31H,3-4,6-7,9,11-14,16-17H2,1H3. The molecule has 2 saturated heterocycles. The van der Waals surface area contributed by atoms with Gasteiger partial charge in [0, 0.05) is 48.4 Å². The highest BCUT2D eigenvalue weighted by Crippen LogP contribution is 2.40. The van der Waals surface area contributed by atoms with Crippen LogP contribution in [0.25, 0.3) is 22.2 Å². The maximum Gasteiger partial charge on any atom is 0.319 e. The summed E-state index contributed by atoms with van der Waals surface area (Å²) in [5, 5.41) is 13.2. The molecule has 38 heavy (non-hydrogen) atoms. The van der Waals surface area contributed by atoms with Gasteiger partial charge < -0.3 is 19.9 Å². The quantitative estimate of drug-likeness (QED) is 0.504. The first-order valence-electron chi connectivity index (χ1n) is 13.4. The Labute approximate surface area is 226 Å². The second-order valence-electron chi connectivity index (χ2n) is 10.3. The molecule has 3 aliphatic heterocycles. The molecule has 3 aliphatic rings. The molecule has 0 spiro atoms. The van der Waals surface area contributed by atoms with Crippen LogP contribution in [0.4, 0.5) is 10.2 Å². The fourth-order valence-electron chi connectivity index (χ4n) is 5.72. The lowest BCUT2D eigenvalue weighted by Gasteiger charge is -2.34. The van der Waals surface area contributed by atoms with Crippen molar-refractivity contribution in [3.05, 3.63) is 35.8 Å². The average molecular weight is 534 g/mol. The van der Waals surface area contributed by atoms with Crippen LogP contribution < -0.4 is 15.0 Å². The molecule has 1 aromatic carbocycles. The van der Waals surface area contributed by atoms with Crippen molar-refractivity contribution in [1.29, 1.82) is 5.26 Å². The smallest absolute Gasteiger partial charge is 0.319 e. The number of hydrogen-bond acceptors (Lipinski definition) is 9. The molecular weight excluding hydrogens is 501 g/mol. The summed E-state index contributed by atoms with van der Waals surface area (Å²) in [6.07, 6.45) is 6.41. The normalized spacial score (nSPS) is 21.9. The predicted octanol–water partition coefficient (Wildman–Crippen LogP) is 4.03. The van der Waals surface area contributed by atoms with Crippen molar-refractivity contribution in [2.45, 2.75) is 49.1 Å². The summed E-state index contributed by atoms with van der Waals surface area (Å²) in [4.78, 5) is 19.5. The minimum absolute atomic E-state index is 0.0141. The maximum atomic E-state index is 16.4. The van der Waals surface area contributed by atoms with E-state index in [0.717, 1.165) is 48.4 Å². The molecule has 3 aromatic rings. The van der Waals surface area contributed by atoms with E-state index in [1.165, 1.54) is 5.56 Å². The summed E-state index contributed by atoms with van der Waals surface area (Å²) in [5.74, 6) is 1.18. The number of hydrogen-bond donors (Lipinski definition) is 1. The van der Waals surface area contributed by atoms with Gasteiger partial charge in [-0.05, 0) is 50.6 Å². The monoisotopic (exact) mass is 533 g/mol. The Morgan fingerprint density at radius 2 is 2.18 bits per heavy atom. The molecule has 0 bridgehead atoms. The van der Waals surface area contributed by atoms with E-state index in [1.807, 2.05) is 12.1 Å². The molecule has 198 valence electrons. The Kier molecular flexibility index (Phi) is 7.32. The number of nitriles is 1. The molecule has 10 heteroatoms. The van der Waals surface area contributed by atoms with Gasteiger partial charge in [0.15, 0.2) is 5.82 Å². The van der Waals surface area contributed by atoms with Crippen LogP contribution in [0.5, 0.6) is 6.01 Å². The van der Waals surface area contributed by atoms with Crippen LogP contribution in [0.3, 0.4) is 0 Å². The molecule has 0 saturated carbocycles. The van der Waals surface area contributed by atoms with E-state index in [9.17, 15) is 5.26 Å². The fourth-order valence-corrected chi connectivity index (χ4v) is 6.88. The number of aryl methyl sites for hydroxylation is 1. The van der Waals surface area contributed by atoms with Gasteiger partial charge in [-0.1, -0.05) is 18.2 Å². The van der Waals surface area contributed by atoms with Gasteiger partial charge in [-0.15, -0.1) is 11.8 Å². The lowest BCUT2D eigenvalue weighted by molar-refractivity contribution is 0.188. The van der Waals surface area contributed by atoms with Gasteiger partial charge in [-0.25, -0.2) is 4.39 Å². The van der Waals surface area contributed by atoms with Crippen LogP contribution in [-0.4, -0.2) is 77.5 Å². The second kappa shape index (κ2) is 11.0. The molecule has 2 fully saturated rings. The first-order chi connectivity index (χ1) is 18.6. The molecule has 0 radical (unpaired) electrons. The molecule has 0 aliphatic carbocycles. The highest BCUT2D eigenvalue weighted by molar-refractivity contribution is 7.99. The highest BCUT2D eigenvalue weighted by atomic mass is 32.2. The highest BCUT2D eigenvalue weighted by Gasteiger charge is 2.27. The Bertz CT molecular complexity index is 1380. The van der Waals surface area contributed by atoms with E-state index < -0.39 is 5.82 Å². The summed E-state index contributed by atoms with van der Waals surface area (Å²) >= 11 is 1.77. The number of pyridine rings is 1. The van der Waals surface area contributed by atoms with E-state index in [2.05, 4.69) is 44.3 Å². The van der Waals surface area contributed by atoms with Crippen molar-refractivity contribution in [1.82, 2.24) is 25.2 Å². The van der Waals surface area contributed by atoms with Crippen molar-refractivity contribution >= 4 is 28.5 Å². The number of anilines is 1. The first-order valence-corrected chi connectivity index (χ1v) is 14.4. The van der Waals surface area contributed by atoms with Crippen molar-refractivity contribution in [2.24, 2.45) is 0 Å². The number of aromatic nitrogens is 3. The minimum Gasteiger partial charge on any atom is -0.462 e. The lowest BCUT2D eigenvalue weighted by Crippen LogP contribution is -2.51. The summed E-state index contributed by atoms with van der Waals surface area (Å²) in [7, 11) is 2.10. The molecule has 6 rings (SSSR count). The Morgan fingerprint density at radius 1 is 1.26 bits per heavy atom. The number of ether oxygens (including phenoxy) is 1. The van der Waals surface area contributed by atoms with E-state index in [1.54, 1.807) is 18.0 Å². The fraction of sp³-hybridized carbons (Fsp3) is 0.500. The number of thioether (sulfide) groups is 1. The number of fused-ring (bicyclic) bond motifs is 2. The predicted molar refractivity (Wildman–Crippen MR) is 147 cm³/mol. The largest absolute Gasteiger partial charge is 0.462 e. The Morgan fingerprint density at radius 3 is 3.03 bits per heavy atom. The van der Waals surface area contributed by atoms with Gasteiger partial charge in [0.2, 0.25) is 0 Å². The van der Waals surface area contributed by atoms with Crippen LogP contribution >= 0.6 is 11.8 Å². The van der Waals surface area contributed by atoms with Crippen molar-refractivity contribution in [2.75, 3.05) is 50.5 Å². The third-order valence-corrected chi connectivity index (χ3v) is 9.06. The first kappa shape index (κ1) is 25.3. The zero-order valence-electron chi connectivity index (χ0n) is 21.6. The number of nitrogens with zero attached hydrogens (tertiary/aromatic N) is 6. The topological polar surface area (TPSA) is 90.2 Å². The van der Waals surface area contributed by atoms with Crippen LogP contribution in [0.2, 0.25) is 0 Å². The molecule has 2 aromatic heterocycles. The zero-order chi connectivity index (χ0) is 26.1. The minimum atomic E-state index is -0.447. The summed E-state index contributed by atoms with van der Waals surface area (Å²) < 4.78 is 22.5. The number of piperazine rings is 1. The van der Waals surface area contributed by atoms with Gasteiger partial charge in [0.05, 0.1) is 17.9 Å². The van der Waals surface area contributed by atoms with E-state index in [4.69, 9.17) is 9.72 Å². The van der Waals surface area contributed by atoms with E-state index in [-0.39, 0.29) is 17.6 Å². The number of likely N-dealkylation sites (tertiary alicyclic amines) is 1. The van der Waals surface area contributed by atoms with Crippen molar-refractivity contribution < 1.29 is 9.13 Å². The molecule has 1 N–H and O–H groups in total. The third kappa shape index (κ3) is 4.91. The van der Waals surface area contributed by atoms with Crippen LogP contribution in [0.1, 0.15) is 31.2 Å². The second-order valence-corrected chi connectivity index (χ2v) is 11.4. The van der Waals surface area contributed by atoms with Crippen molar-refractivity contribution in [3.63, 3.8) is 0 Å². The van der Waals surface area contributed by atoms with Crippen LogP contribution in [-0.2, 0) is 6.42 Å². The van der Waals surface area contributed by atoms with Gasteiger partial charge in [0.25, 0.3) is 0 Å². The van der Waals surface area contributed by atoms with Crippen molar-refractivity contribution in [3.8, 4) is 23.3 Å². The van der Waals surface area contributed by atoms with Gasteiger partial charge in [0.1, 0.15) is 23.6 Å². The summed E-state index contributed by atoms with van der Waals surface area (Å²) in [5.41, 5.74) is 2.61. The average Bonchev–Trinajstić information content (AvgIpc) is 3.36. The van der Waals surface area contributed by atoms with E-state index >= 15 is 4.39 Å². The van der Waals surface area contributed by atoms with Gasteiger partial charge in [-0.2, -0.15) is 15.2 Å². The van der Waals surface area contributed by atoms with Gasteiger partial charge >= 0.3 is 6.01 Å². The molecule has 0 amide bonds. The van der Waals surface area contributed by atoms with E-state index in [0.29, 0.717) is 55.6 Å². The van der Waals surface area contributed by atoms with Crippen LogP contribution in [0.15, 0.2) is 29.3 Å². The number of rotatable bonds is 6. The third-order valence-electron chi connectivity index (χ3n) is 7.80.